The highest BCUT2D eigenvalue weighted by molar-refractivity contribution is 7.70. The number of halogens is 4. The Balaban J connectivity index is 1.61. The predicted octanol–water partition coefficient (Wildman–Crippen LogP) is 6.07. The van der Waals surface area contributed by atoms with Crippen LogP contribution >= 0.6 is 18.5 Å². The molecule has 41 heavy (non-hydrogen) atoms. The van der Waals surface area contributed by atoms with Crippen LogP contribution in [0, 0.1) is 23.2 Å². The molecule has 3 aromatic rings. The fourth-order valence-corrected chi connectivity index (χ4v) is 6.70. The lowest BCUT2D eigenvalue weighted by molar-refractivity contribution is -0.126. The Bertz CT molecular complexity index is 1550. The molecule has 12 heteroatoms. The first kappa shape index (κ1) is 30.7. The number of nitrogens with zero attached hydrogens (tertiary/aromatic N) is 2. The van der Waals surface area contributed by atoms with Gasteiger partial charge in [0.25, 0.3) is 0 Å². The summed E-state index contributed by atoms with van der Waals surface area (Å²) in [7, 11) is -0.709. The molecule has 1 fully saturated rings. The van der Waals surface area contributed by atoms with E-state index in [4.69, 9.17) is 10.00 Å². The Morgan fingerprint density at radius 3 is 2.68 bits per heavy atom. The zero-order valence-corrected chi connectivity index (χ0v) is 24.7. The maximum atomic E-state index is 14.7. The maximum Gasteiger partial charge on any atom is 0.393 e. The SMILES string of the molecule is CN1CCC(Nc2cccc3c(CC(F)(F)F)c(C#CCNc4ccc(P(C)(C)=O)cc4OCC#N)sc23)C(F)C1. The summed E-state index contributed by atoms with van der Waals surface area (Å²) in [6.07, 6.45) is -6.07. The van der Waals surface area contributed by atoms with Crippen molar-refractivity contribution in [1.82, 2.24) is 4.90 Å². The van der Waals surface area contributed by atoms with Crippen LogP contribution in [0.2, 0.25) is 0 Å². The van der Waals surface area contributed by atoms with Crippen molar-refractivity contribution in [3.05, 3.63) is 46.8 Å². The number of nitrogens with one attached hydrogen (secondary N) is 2. The summed E-state index contributed by atoms with van der Waals surface area (Å²) in [6, 6.07) is 11.5. The summed E-state index contributed by atoms with van der Waals surface area (Å²) in [6.45, 7) is 4.16. The first-order valence-electron chi connectivity index (χ1n) is 13.0. The number of alkyl halides is 4. The van der Waals surface area contributed by atoms with Crippen molar-refractivity contribution in [2.45, 2.75) is 31.2 Å². The van der Waals surface area contributed by atoms with Gasteiger partial charge in [-0.1, -0.05) is 24.0 Å². The van der Waals surface area contributed by atoms with Crippen LogP contribution in [0.4, 0.5) is 28.9 Å². The van der Waals surface area contributed by atoms with Crippen molar-refractivity contribution in [2.24, 2.45) is 0 Å². The summed E-state index contributed by atoms with van der Waals surface area (Å²) >= 11 is 1.16. The van der Waals surface area contributed by atoms with Gasteiger partial charge in [0.1, 0.15) is 25.1 Å². The molecule has 2 N–H and O–H groups in total. The molecule has 0 bridgehead atoms. The molecule has 218 valence electrons. The zero-order chi connectivity index (χ0) is 29.8. The van der Waals surface area contributed by atoms with E-state index in [1.807, 2.05) is 18.0 Å². The molecule has 1 aliphatic rings. The van der Waals surface area contributed by atoms with E-state index in [1.165, 1.54) is 0 Å². The number of nitriles is 1. The van der Waals surface area contributed by atoms with Crippen LogP contribution in [0.25, 0.3) is 10.1 Å². The summed E-state index contributed by atoms with van der Waals surface area (Å²) < 4.78 is 74.0. The third-order valence-electron chi connectivity index (χ3n) is 6.73. The Morgan fingerprint density at radius 1 is 1.22 bits per heavy atom. The highest BCUT2D eigenvalue weighted by atomic mass is 32.1. The van der Waals surface area contributed by atoms with E-state index in [-0.39, 0.29) is 18.7 Å². The lowest BCUT2D eigenvalue weighted by Gasteiger charge is -2.33. The molecule has 0 saturated carbocycles. The molecule has 1 saturated heterocycles. The van der Waals surface area contributed by atoms with E-state index in [9.17, 15) is 22.1 Å². The number of anilines is 2. The Hall–Kier alpha value is -3.24. The van der Waals surface area contributed by atoms with Crippen LogP contribution in [0.5, 0.6) is 5.75 Å². The van der Waals surface area contributed by atoms with Gasteiger partial charge < -0.3 is 24.8 Å². The van der Waals surface area contributed by atoms with E-state index in [0.29, 0.717) is 50.4 Å². The number of rotatable bonds is 8. The van der Waals surface area contributed by atoms with Crippen molar-refractivity contribution in [3.63, 3.8) is 0 Å². The molecular formula is C29H31F4N4O2PS. The zero-order valence-electron chi connectivity index (χ0n) is 22.9. The molecule has 0 spiro atoms. The third kappa shape index (κ3) is 7.95. The van der Waals surface area contributed by atoms with Crippen molar-refractivity contribution in [3.8, 4) is 23.7 Å². The largest absolute Gasteiger partial charge is 0.477 e. The predicted molar refractivity (Wildman–Crippen MR) is 158 cm³/mol. The number of hydrogen-bond donors (Lipinski definition) is 2. The van der Waals surface area contributed by atoms with Crippen molar-refractivity contribution < 1.29 is 26.9 Å². The fraction of sp³-hybridized carbons (Fsp3) is 0.414. The van der Waals surface area contributed by atoms with Crippen LogP contribution in [0.1, 0.15) is 16.9 Å². The molecule has 0 radical (unpaired) electrons. The number of ether oxygens (including phenoxy) is 1. The summed E-state index contributed by atoms with van der Waals surface area (Å²) in [5.74, 6) is 6.14. The third-order valence-corrected chi connectivity index (χ3v) is 9.45. The van der Waals surface area contributed by atoms with Crippen LogP contribution < -0.4 is 20.7 Å². The van der Waals surface area contributed by atoms with Gasteiger partial charge in [0.05, 0.1) is 40.0 Å². The number of thiophene rings is 1. The van der Waals surface area contributed by atoms with Crippen molar-refractivity contribution in [2.75, 3.05) is 57.3 Å². The molecule has 1 aromatic heterocycles. The van der Waals surface area contributed by atoms with Crippen LogP contribution in [-0.4, -0.2) is 69.9 Å². The van der Waals surface area contributed by atoms with Crippen molar-refractivity contribution in [1.29, 1.82) is 5.26 Å². The molecule has 6 nitrogen and oxygen atoms in total. The average Bonchev–Trinajstić information content (AvgIpc) is 3.23. The second kappa shape index (κ2) is 12.7. The summed E-state index contributed by atoms with van der Waals surface area (Å²) in [5, 5.41) is 16.3. The molecule has 0 amide bonds. The topological polar surface area (TPSA) is 77.4 Å². The van der Waals surface area contributed by atoms with Gasteiger partial charge in [-0.25, -0.2) is 4.39 Å². The minimum absolute atomic E-state index is 0.0854. The molecular weight excluding hydrogens is 575 g/mol. The molecule has 2 unspecified atom stereocenters. The highest BCUT2D eigenvalue weighted by Crippen LogP contribution is 2.40. The minimum Gasteiger partial charge on any atom is -0.477 e. The maximum absolute atomic E-state index is 14.7. The van der Waals surface area contributed by atoms with E-state index in [2.05, 4.69) is 22.5 Å². The monoisotopic (exact) mass is 606 g/mol. The van der Waals surface area contributed by atoms with Gasteiger partial charge in [0.15, 0.2) is 6.61 Å². The summed E-state index contributed by atoms with van der Waals surface area (Å²) in [5.41, 5.74) is 1.21. The molecule has 2 atom stereocenters. The molecule has 2 heterocycles. The molecule has 4 rings (SSSR count). The number of likely N-dealkylation sites (tertiary alicyclic amines) is 1. The normalized spacial score (nSPS) is 17.9. The van der Waals surface area contributed by atoms with Gasteiger partial charge in [-0.15, -0.1) is 11.3 Å². The van der Waals surface area contributed by atoms with E-state index in [0.717, 1.165) is 17.9 Å². The number of hydrogen-bond acceptors (Lipinski definition) is 7. The van der Waals surface area contributed by atoms with Crippen LogP contribution in [0.3, 0.4) is 0 Å². The van der Waals surface area contributed by atoms with Gasteiger partial charge in [-0.3, -0.25) is 0 Å². The van der Waals surface area contributed by atoms with E-state index >= 15 is 0 Å². The van der Waals surface area contributed by atoms with E-state index in [1.54, 1.807) is 49.7 Å². The number of piperidine rings is 1. The molecule has 1 aliphatic heterocycles. The van der Waals surface area contributed by atoms with Crippen molar-refractivity contribution >= 4 is 45.2 Å². The lowest BCUT2D eigenvalue weighted by atomic mass is 10.0. The van der Waals surface area contributed by atoms with E-state index < -0.39 is 32.0 Å². The molecule has 0 aliphatic carbocycles. The Labute approximate surface area is 241 Å². The quantitative estimate of drug-likeness (QED) is 0.184. The van der Waals surface area contributed by atoms with Gasteiger partial charge in [0.2, 0.25) is 0 Å². The van der Waals surface area contributed by atoms with Crippen LogP contribution in [-0.2, 0) is 11.0 Å². The number of fused-ring (bicyclic) bond motifs is 1. The first-order valence-corrected chi connectivity index (χ1v) is 16.4. The Kier molecular flexibility index (Phi) is 9.54. The fourth-order valence-electron chi connectivity index (χ4n) is 4.67. The summed E-state index contributed by atoms with van der Waals surface area (Å²) in [4.78, 5) is 2.21. The minimum atomic E-state index is -4.43. The Morgan fingerprint density at radius 2 is 2.00 bits per heavy atom. The first-order chi connectivity index (χ1) is 19.4. The average molecular weight is 607 g/mol. The second-order valence-electron chi connectivity index (χ2n) is 10.3. The number of benzene rings is 2. The van der Waals surface area contributed by atoms with Crippen LogP contribution in [0.15, 0.2) is 36.4 Å². The lowest BCUT2D eigenvalue weighted by Crippen LogP contribution is -2.46. The molecule has 2 aromatic carbocycles. The second-order valence-corrected chi connectivity index (χ2v) is 14.6. The van der Waals surface area contributed by atoms with Gasteiger partial charge in [-0.05, 0) is 62.0 Å². The standard InChI is InChI=1S/C29H31F4N4O2PS/c1-37-14-11-23(22(30)18-37)36-25-7-4-6-20-21(17-29(31,32)33)27(41-28(20)25)8-5-13-35-24-10-9-19(40(2,3)38)16-26(24)39-15-12-34/h4,6-7,9-10,16,22-23,35-36H,11,13-15,17-18H2,1-3H3. The highest BCUT2D eigenvalue weighted by Gasteiger charge is 2.32. The van der Waals surface area contributed by atoms with Gasteiger partial charge >= 0.3 is 6.18 Å². The van der Waals surface area contributed by atoms with Gasteiger partial charge in [-0.2, -0.15) is 18.4 Å². The van der Waals surface area contributed by atoms with Gasteiger partial charge in [0, 0.05) is 18.4 Å². The smallest absolute Gasteiger partial charge is 0.393 e.